The Labute approximate surface area is 64.0 Å². The van der Waals surface area contributed by atoms with E-state index in [-0.39, 0.29) is 5.92 Å². The number of carbonyl (C=O) groups is 1. The molecular formula is C7H11BrO. The van der Waals surface area contributed by atoms with Crippen LogP contribution in [0.3, 0.4) is 0 Å². The van der Waals surface area contributed by atoms with Gasteiger partial charge >= 0.3 is 0 Å². The van der Waals surface area contributed by atoms with Crippen LogP contribution in [0, 0.1) is 11.8 Å². The summed E-state index contributed by atoms with van der Waals surface area (Å²) in [5.41, 5.74) is 0. The van der Waals surface area contributed by atoms with Gasteiger partial charge in [-0.05, 0) is 6.42 Å². The van der Waals surface area contributed by atoms with Crippen LogP contribution in [-0.4, -0.2) is 10.6 Å². The van der Waals surface area contributed by atoms with Gasteiger partial charge in [0.1, 0.15) is 5.78 Å². The zero-order valence-electron chi connectivity index (χ0n) is 5.73. The maximum absolute atomic E-state index is 11.1. The Balaban J connectivity index is 2.36. The highest BCUT2D eigenvalue weighted by Gasteiger charge is 2.41. The summed E-state index contributed by atoms with van der Waals surface area (Å²) >= 11 is 3.40. The van der Waals surface area contributed by atoms with E-state index < -0.39 is 0 Å². The van der Waals surface area contributed by atoms with Crippen molar-refractivity contribution in [3.63, 3.8) is 0 Å². The fraction of sp³-hybridized carbons (Fsp3) is 0.857. The number of Topliss-reactive ketones (excluding diaryl/α,β-unsaturated/α-hetero) is 1. The molecule has 0 aromatic carbocycles. The molecule has 1 aliphatic rings. The minimum Gasteiger partial charge on any atom is -0.299 e. The lowest BCUT2D eigenvalue weighted by Crippen LogP contribution is -2.09. The summed E-state index contributed by atoms with van der Waals surface area (Å²) in [6, 6.07) is 0. The van der Waals surface area contributed by atoms with E-state index in [1.165, 1.54) is 0 Å². The van der Waals surface area contributed by atoms with Crippen LogP contribution < -0.4 is 0 Å². The first kappa shape index (κ1) is 7.26. The molecule has 1 rings (SSSR count). The van der Waals surface area contributed by atoms with Gasteiger partial charge in [0.05, 0.1) is 0 Å². The highest BCUT2D eigenvalue weighted by atomic mass is 79.9. The average molecular weight is 191 g/mol. The molecule has 0 unspecified atom stereocenters. The van der Waals surface area contributed by atoms with Crippen molar-refractivity contribution in [2.24, 2.45) is 11.8 Å². The van der Waals surface area contributed by atoms with Crippen LogP contribution >= 0.6 is 15.9 Å². The lowest BCUT2D eigenvalue weighted by Gasteiger charge is -1.99. The number of halogens is 1. The van der Waals surface area contributed by atoms with E-state index >= 15 is 0 Å². The van der Waals surface area contributed by atoms with Gasteiger partial charge in [-0.2, -0.15) is 0 Å². The predicted octanol–water partition coefficient (Wildman–Crippen LogP) is 1.99. The second-order valence-corrected chi connectivity index (χ2v) is 4.09. The summed E-state index contributed by atoms with van der Waals surface area (Å²) in [5, 5.41) is 0. The molecule has 1 fully saturated rings. The summed E-state index contributed by atoms with van der Waals surface area (Å²) < 4.78 is 0. The number of ketones is 1. The minimum absolute atomic E-state index is 0.220. The van der Waals surface area contributed by atoms with Crippen LogP contribution in [0.25, 0.3) is 0 Å². The molecular weight excluding hydrogens is 180 g/mol. The van der Waals surface area contributed by atoms with Crippen LogP contribution in [0.1, 0.15) is 20.3 Å². The van der Waals surface area contributed by atoms with Gasteiger partial charge in [-0.15, -0.1) is 0 Å². The maximum atomic E-state index is 11.1. The monoisotopic (exact) mass is 190 g/mol. The van der Waals surface area contributed by atoms with E-state index in [2.05, 4.69) is 15.9 Å². The van der Waals surface area contributed by atoms with E-state index in [4.69, 9.17) is 0 Å². The van der Waals surface area contributed by atoms with Crippen molar-refractivity contribution in [2.75, 3.05) is 0 Å². The van der Waals surface area contributed by atoms with Crippen LogP contribution in [0.2, 0.25) is 0 Å². The Hall–Kier alpha value is 0.150. The SMILES string of the molecule is CC(C)C(=O)[C@H]1C[C@@H]1Br. The highest BCUT2D eigenvalue weighted by molar-refractivity contribution is 9.09. The molecule has 0 heterocycles. The Morgan fingerprint density at radius 2 is 2.11 bits per heavy atom. The number of hydrogen-bond acceptors (Lipinski definition) is 1. The molecule has 0 bridgehead atoms. The number of alkyl halides is 1. The van der Waals surface area contributed by atoms with Crippen molar-refractivity contribution in [1.82, 2.24) is 0 Å². The molecule has 0 spiro atoms. The van der Waals surface area contributed by atoms with Crippen molar-refractivity contribution >= 4 is 21.7 Å². The number of rotatable bonds is 2. The molecule has 52 valence electrons. The Bertz CT molecular complexity index is 131. The third kappa shape index (κ3) is 1.54. The third-order valence-electron chi connectivity index (χ3n) is 1.65. The van der Waals surface area contributed by atoms with Crippen LogP contribution in [0.4, 0.5) is 0 Å². The van der Waals surface area contributed by atoms with E-state index in [1.807, 2.05) is 13.8 Å². The molecule has 2 heteroatoms. The molecule has 0 radical (unpaired) electrons. The van der Waals surface area contributed by atoms with Crippen molar-refractivity contribution in [3.05, 3.63) is 0 Å². The summed E-state index contributed by atoms with van der Waals surface area (Å²) in [6.45, 7) is 3.92. The summed E-state index contributed by atoms with van der Waals surface area (Å²) in [5.74, 6) is 0.972. The Morgan fingerprint density at radius 3 is 2.22 bits per heavy atom. The number of carbonyl (C=O) groups excluding carboxylic acids is 1. The molecule has 1 nitrogen and oxygen atoms in total. The van der Waals surface area contributed by atoms with Gasteiger partial charge in [0, 0.05) is 16.7 Å². The van der Waals surface area contributed by atoms with Gasteiger partial charge in [-0.1, -0.05) is 29.8 Å². The van der Waals surface area contributed by atoms with Crippen molar-refractivity contribution in [1.29, 1.82) is 0 Å². The number of hydrogen-bond donors (Lipinski definition) is 0. The molecule has 1 saturated carbocycles. The highest BCUT2D eigenvalue weighted by Crippen LogP contribution is 2.39. The molecule has 0 aromatic rings. The minimum atomic E-state index is 0.220. The second kappa shape index (κ2) is 2.41. The lowest BCUT2D eigenvalue weighted by molar-refractivity contribution is -0.123. The predicted molar refractivity (Wildman–Crippen MR) is 40.7 cm³/mol. The van der Waals surface area contributed by atoms with Gasteiger partial charge in [-0.3, -0.25) is 4.79 Å². The third-order valence-corrected chi connectivity index (χ3v) is 2.66. The van der Waals surface area contributed by atoms with Gasteiger partial charge in [0.2, 0.25) is 0 Å². The first-order valence-corrected chi connectivity index (χ1v) is 4.22. The molecule has 2 atom stereocenters. The zero-order chi connectivity index (χ0) is 7.02. The average Bonchev–Trinajstić information content (AvgIpc) is 2.44. The fourth-order valence-electron chi connectivity index (χ4n) is 0.887. The first-order chi connectivity index (χ1) is 4.13. The van der Waals surface area contributed by atoms with E-state index in [0.29, 0.717) is 16.5 Å². The van der Waals surface area contributed by atoms with E-state index in [9.17, 15) is 4.79 Å². The van der Waals surface area contributed by atoms with Crippen molar-refractivity contribution < 1.29 is 4.79 Å². The topological polar surface area (TPSA) is 17.1 Å². The zero-order valence-corrected chi connectivity index (χ0v) is 7.31. The molecule has 0 aliphatic heterocycles. The maximum Gasteiger partial charge on any atom is 0.139 e. The normalized spacial score (nSPS) is 32.9. The molecule has 0 amide bonds. The smallest absolute Gasteiger partial charge is 0.139 e. The quantitative estimate of drug-likeness (QED) is 0.610. The standard InChI is InChI=1S/C7H11BrO/c1-4(2)7(9)5-3-6(5)8/h4-6H,3H2,1-2H3/t5-,6-/m0/s1. The van der Waals surface area contributed by atoms with E-state index in [1.54, 1.807) is 0 Å². The molecule has 0 saturated heterocycles. The Kier molecular flexibility index (Phi) is 1.94. The molecule has 0 N–H and O–H groups in total. The van der Waals surface area contributed by atoms with Crippen LogP contribution in [0.5, 0.6) is 0 Å². The largest absolute Gasteiger partial charge is 0.299 e. The summed E-state index contributed by atoms with van der Waals surface area (Å²) in [6.07, 6.45) is 1.05. The summed E-state index contributed by atoms with van der Waals surface area (Å²) in [7, 11) is 0. The van der Waals surface area contributed by atoms with Crippen molar-refractivity contribution in [2.45, 2.75) is 25.1 Å². The van der Waals surface area contributed by atoms with Gasteiger partial charge in [-0.25, -0.2) is 0 Å². The first-order valence-electron chi connectivity index (χ1n) is 3.30. The molecule has 1 aliphatic carbocycles. The molecule has 9 heavy (non-hydrogen) atoms. The molecule has 0 aromatic heterocycles. The van der Waals surface area contributed by atoms with Gasteiger partial charge < -0.3 is 0 Å². The Morgan fingerprint density at radius 1 is 1.67 bits per heavy atom. The van der Waals surface area contributed by atoms with E-state index in [0.717, 1.165) is 6.42 Å². The van der Waals surface area contributed by atoms with Crippen LogP contribution in [-0.2, 0) is 4.79 Å². The van der Waals surface area contributed by atoms with Gasteiger partial charge in [0.25, 0.3) is 0 Å². The lowest BCUT2D eigenvalue weighted by atomic mass is 10.1. The van der Waals surface area contributed by atoms with Gasteiger partial charge in [0.15, 0.2) is 0 Å². The second-order valence-electron chi connectivity index (χ2n) is 2.92. The fourth-order valence-corrected chi connectivity index (χ4v) is 1.55. The van der Waals surface area contributed by atoms with Crippen molar-refractivity contribution in [3.8, 4) is 0 Å². The van der Waals surface area contributed by atoms with Crippen LogP contribution in [0.15, 0.2) is 0 Å². The summed E-state index contributed by atoms with van der Waals surface area (Å²) in [4.78, 5) is 11.6.